The van der Waals surface area contributed by atoms with Crippen LogP contribution in [0.15, 0.2) is 42.5 Å². The Kier molecular flexibility index (Phi) is 3.16. The Balaban J connectivity index is 1.75. The van der Waals surface area contributed by atoms with Crippen molar-refractivity contribution in [2.45, 2.75) is 38.7 Å². The highest BCUT2D eigenvalue weighted by atomic mass is 16.3. The second kappa shape index (κ2) is 4.82. The van der Waals surface area contributed by atoms with Gasteiger partial charge >= 0.3 is 0 Å². The summed E-state index contributed by atoms with van der Waals surface area (Å²) in [5, 5.41) is 10.5. The number of hydrogen-bond donors (Lipinski definition) is 1. The molecule has 2 atom stereocenters. The zero-order valence-electron chi connectivity index (χ0n) is 11.6. The topological polar surface area (TPSA) is 20.2 Å². The van der Waals surface area contributed by atoms with Gasteiger partial charge in [0.15, 0.2) is 0 Å². The predicted octanol–water partition coefficient (Wildman–Crippen LogP) is 3.55. The molecule has 0 aromatic heterocycles. The number of aliphatic hydroxyl groups excluding tert-OH is 1. The van der Waals surface area contributed by atoms with Crippen LogP contribution >= 0.6 is 0 Å². The summed E-state index contributed by atoms with van der Waals surface area (Å²) in [7, 11) is 0. The lowest BCUT2D eigenvalue weighted by Crippen LogP contribution is -2.30. The smallest absolute Gasteiger partial charge is 0.0652 e. The number of hydrogen-bond acceptors (Lipinski definition) is 1. The zero-order valence-corrected chi connectivity index (χ0v) is 11.6. The second-order valence-corrected chi connectivity index (χ2v) is 5.78. The standard InChI is InChI=1S/C18H20O/c1-12-7-13(2)9-14(8-12)10-18(19)17-11-15-5-3-4-6-16(15)17/h3-9,17-19H,10-11H2,1-2H3. The fourth-order valence-corrected chi connectivity index (χ4v) is 3.21. The third-order valence-corrected chi connectivity index (χ3v) is 4.09. The molecule has 1 heteroatoms. The van der Waals surface area contributed by atoms with Crippen molar-refractivity contribution in [1.29, 1.82) is 0 Å². The third-order valence-electron chi connectivity index (χ3n) is 4.09. The van der Waals surface area contributed by atoms with Gasteiger partial charge in [-0.15, -0.1) is 0 Å². The van der Waals surface area contributed by atoms with E-state index in [9.17, 15) is 5.11 Å². The molecule has 0 amide bonds. The van der Waals surface area contributed by atoms with Crippen molar-refractivity contribution in [2.75, 3.05) is 0 Å². The highest BCUT2D eigenvalue weighted by Crippen LogP contribution is 2.38. The van der Waals surface area contributed by atoms with E-state index in [4.69, 9.17) is 0 Å². The summed E-state index contributed by atoms with van der Waals surface area (Å²) in [4.78, 5) is 0. The van der Waals surface area contributed by atoms with E-state index in [0.717, 1.165) is 12.8 Å². The Labute approximate surface area is 114 Å². The van der Waals surface area contributed by atoms with Crippen LogP contribution in [0.3, 0.4) is 0 Å². The molecule has 1 aliphatic carbocycles. The van der Waals surface area contributed by atoms with E-state index in [1.807, 2.05) is 0 Å². The molecule has 1 N–H and O–H groups in total. The number of rotatable bonds is 3. The predicted molar refractivity (Wildman–Crippen MR) is 78.5 cm³/mol. The molecule has 2 unspecified atom stereocenters. The Hall–Kier alpha value is -1.60. The van der Waals surface area contributed by atoms with Gasteiger partial charge in [-0.05, 0) is 43.4 Å². The van der Waals surface area contributed by atoms with Crippen LogP contribution in [0.4, 0.5) is 0 Å². The molecule has 2 aromatic rings. The molecule has 19 heavy (non-hydrogen) atoms. The molecule has 0 fully saturated rings. The first-order valence-electron chi connectivity index (χ1n) is 6.96. The molecule has 0 heterocycles. The van der Waals surface area contributed by atoms with Crippen LogP contribution in [0, 0.1) is 13.8 Å². The van der Waals surface area contributed by atoms with E-state index in [1.165, 1.54) is 27.8 Å². The zero-order chi connectivity index (χ0) is 13.4. The van der Waals surface area contributed by atoms with Crippen molar-refractivity contribution in [1.82, 2.24) is 0 Å². The van der Waals surface area contributed by atoms with Crippen LogP contribution in [-0.4, -0.2) is 11.2 Å². The van der Waals surface area contributed by atoms with E-state index in [2.05, 4.69) is 56.3 Å². The van der Waals surface area contributed by atoms with Gasteiger partial charge in [0.1, 0.15) is 0 Å². The number of aryl methyl sites for hydroxylation is 2. The Morgan fingerprint density at radius 2 is 1.79 bits per heavy atom. The van der Waals surface area contributed by atoms with Crippen LogP contribution < -0.4 is 0 Å². The molecule has 0 radical (unpaired) electrons. The summed E-state index contributed by atoms with van der Waals surface area (Å²) in [5.74, 6) is 0.317. The lowest BCUT2D eigenvalue weighted by atomic mass is 9.73. The van der Waals surface area contributed by atoms with E-state index in [0.29, 0.717) is 5.92 Å². The molecule has 0 bridgehead atoms. The molecule has 0 spiro atoms. The van der Waals surface area contributed by atoms with Crippen LogP contribution in [0.2, 0.25) is 0 Å². The molecule has 0 saturated carbocycles. The summed E-state index contributed by atoms with van der Waals surface area (Å²) >= 11 is 0. The van der Waals surface area contributed by atoms with Gasteiger partial charge < -0.3 is 5.11 Å². The van der Waals surface area contributed by atoms with Gasteiger partial charge in [-0.25, -0.2) is 0 Å². The maximum absolute atomic E-state index is 10.5. The summed E-state index contributed by atoms with van der Waals surface area (Å²) in [6.07, 6.45) is 1.50. The Morgan fingerprint density at radius 3 is 2.47 bits per heavy atom. The maximum atomic E-state index is 10.5. The minimum atomic E-state index is -0.268. The minimum Gasteiger partial charge on any atom is -0.392 e. The van der Waals surface area contributed by atoms with E-state index >= 15 is 0 Å². The minimum absolute atomic E-state index is 0.268. The fraction of sp³-hybridized carbons (Fsp3) is 0.333. The van der Waals surface area contributed by atoms with E-state index < -0.39 is 0 Å². The summed E-state index contributed by atoms with van der Waals surface area (Å²) in [6.45, 7) is 4.23. The summed E-state index contributed by atoms with van der Waals surface area (Å²) in [5.41, 5.74) is 6.52. The average Bonchev–Trinajstić information content (AvgIpc) is 2.29. The van der Waals surface area contributed by atoms with Crippen molar-refractivity contribution >= 4 is 0 Å². The van der Waals surface area contributed by atoms with Gasteiger partial charge in [0.05, 0.1) is 6.10 Å². The lowest BCUT2D eigenvalue weighted by molar-refractivity contribution is 0.133. The Bertz CT molecular complexity index is 580. The quantitative estimate of drug-likeness (QED) is 0.885. The molecule has 98 valence electrons. The summed E-state index contributed by atoms with van der Waals surface area (Å²) in [6, 6.07) is 15.0. The number of benzene rings is 2. The molecule has 0 aliphatic heterocycles. The molecule has 2 aromatic carbocycles. The normalized spacial score (nSPS) is 18.6. The lowest BCUT2D eigenvalue weighted by Gasteiger charge is -2.34. The highest BCUT2D eigenvalue weighted by Gasteiger charge is 2.31. The van der Waals surface area contributed by atoms with Crippen LogP contribution in [-0.2, 0) is 12.8 Å². The van der Waals surface area contributed by atoms with Gasteiger partial charge in [-0.1, -0.05) is 53.6 Å². The second-order valence-electron chi connectivity index (χ2n) is 5.78. The van der Waals surface area contributed by atoms with E-state index in [-0.39, 0.29) is 6.10 Å². The first-order valence-corrected chi connectivity index (χ1v) is 6.96. The van der Waals surface area contributed by atoms with Gasteiger partial charge in [-0.2, -0.15) is 0 Å². The van der Waals surface area contributed by atoms with Crippen LogP contribution in [0.5, 0.6) is 0 Å². The average molecular weight is 252 g/mol. The van der Waals surface area contributed by atoms with Crippen molar-refractivity contribution in [3.8, 4) is 0 Å². The largest absolute Gasteiger partial charge is 0.392 e. The fourth-order valence-electron chi connectivity index (χ4n) is 3.21. The monoisotopic (exact) mass is 252 g/mol. The van der Waals surface area contributed by atoms with Crippen molar-refractivity contribution in [2.24, 2.45) is 0 Å². The van der Waals surface area contributed by atoms with Crippen LogP contribution in [0.25, 0.3) is 0 Å². The van der Waals surface area contributed by atoms with Crippen molar-refractivity contribution < 1.29 is 5.11 Å². The highest BCUT2D eigenvalue weighted by molar-refractivity contribution is 5.41. The van der Waals surface area contributed by atoms with Gasteiger partial charge in [0.25, 0.3) is 0 Å². The molecular weight excluding hydrogens is 232 g/mol. The number of aliphatic hydroxyl groups is 1. The third kappa shape index (κ3) is 2.43. The molecule has 1 nitrogen and oxygen atoms in total. The SMILES string of the molecule is Cc1cc(C)cc(CC(O)C2Cc3ccccc32)c1. The maximum Gasteiger partial charge on any atom is 0.0652 e. The van der Waals surface area contributed by atoms with Crippen molar-refractivity contribution in [3.63, 3.8) is 0 Å². The van der Waals surface area contributed by atoms with Gasteiger partial charge in [0.2, 0.25) is 0 Å². The molecule has 3 rings (SSSR count). The van der Waals surface area contributed by atoms with Gasteiger partial charge in [0, 0.05) is 5.92 Å². The Morgan fingerprint density at radius 1 is 1.11 bits per heavy atom. The molecule has 1 aliphatic rings. The number of fused-ring (bicyclic) bond motifs is 1. The molecular formula is C18H20O. The van der Waals surface area contributed by atoms with E-state index in [1.54, 1.807) is 0 Å². The van der Waals surface area contributed by atoms with Gasteiger partial charge in [-0.3, -0.25) is 0 Å². The first-order chi connectivity index (χ1) is 9.13. The first kappa shape index (κ1) is 12.4. The summed E-state index contributed by atoms with van der Waals surface area (Å²) < 4.78 is 0. The van der Waals surface area contributed by atoms with Crippen molar-refractivity contribution in [3.05, 3.63) is 70.3 Å². The van der Waals surface area contributed by atoms with Crippen LogP contribution in [0.1, 0.15) is 33.7 Å². The molecule has 0 saturated heterocycles.